The molecule has 4 fully saturated rings. The van der Waals surface area contributed by atoms with Gasteiger partial charge in [0.1, 0.15) is 18.2 Å². The van der Waals surface area contributed by atoms with E-state index in [0.717, 1.165) is 57.9 Å². The Hall–Kier alpha value is -3.18. The van der Waals surface area contributed by atoms with Crippen molar-refractivity contribution in [3.63, 3.8) is 0 Å². The molecule has 1 aromatic rings. The van der Waals surface area contributed by atoms with Crippen molar-refractivity contribution in [1.82, 2.24) is 15.1 Å². The number of hydrogen-bond acceptors (Lipinski definition) is 8. The maximum Gasteiger partial charge on any atom is 0.252 e. The summed E-state index contributed by atoms with van der Waals surface area (Å²) in [5.74, 6) is -0.808. The van der Waals surface area contributed by atoms with Crippen molar-refractivity contribution in [2.45, 2.75) is 49.4 Å². The van der Waals surface area contributed by atoms with Gasteiger partial charge in [0, 0.05) is 62.5 Å². The van der Waals surface area contributed by atoms with Gasteiger partial charge in [0.2, 0.25) is 5.91 Å². The van der Waals surface area contributed by atoms with Crippen LogP contribution in [0, 0.1) is 0 Å². The van der Waals surface area contributed by atoms with Crippen molar-refractivity contribution >= 4 is 23.3 Å². The van der Waals surface area contributed by atoms with Crippen LogP contribution in [-0.2, 0) is 19.1 Å². The van der Waals surface area contributed by atoms with E-state index in [9.17, 15) is 14.4 Å². The number of piperazine rings is 1. The smallest absolute Gasteiger partial charge is 0.252 e. The number of likely N-dealkylation sites (tertiary alicyclic amines) is 1. The summed E-state index contributed by atoms with van der Waals surface area (Å²) in [6.45, 7) is 5.39. The van der Waals surface area contributed by atoms with Crippen LogP contribution in [-0.4, -0.2) is 111 Å². The monoisotopic (exact) mass is 525 g/mol. The molecular formula is C26H35N7O5. The molecule has 0 spiro atoms. The number of amides is 2. The fourth-order valence-electron chi connectivity index (χ4n) is 6.22. The first-order valence-corrected chi connectivity index (χ1v) is 13.3. The molecule has 1 aliphatic carbocycles. The highest BCUT2D eigenvalue weighted by atomic mass is 16.5. The third-order valence-electron chi connectivity index (χ3n) is 8.32. The predicted octanol–water partition coefficient (Wildman–Crippen LogP) is 1.36. The van der Waals surface area contributed by atoms with Gasteiger partial charge >= 0.3 is 0 Å². The van der Waals surface area contributed by atoms with Crippen LogP contribution in [0.1, 0.15) is 36.0 Å². The Labute approximate surface area is 221 Å². The van der Waals surface area contributed by atoms with Crippen LogP contribution in [0.5, 0.6) is 0 Å². The number of nitrogens with one attached hydrogen (secondary N) is 1. The summed E-state index contributed by atoms with van der Waals surface area (Å²) in [4.78, 5) is 48.8. The van der Waals surface area contributed by atoms with Crippen LogP contribution in [0.2, 0.25) is 0 Å². The van der Waals surface area contributed by atoms with Gasteiger partial charge in [-0.05, 0) is 42.6 Å². The summed E-state index contributed by atoms with van der Waals surface area (Å²) in [7, 11) is 1.72. The molecular weight excluding hydrogens is 490 g/mol. The van der Waals surface area contributed by atoms with Crippen molar-refractivity contribution in [3.05, 3.63) is 40.3 Å². The molecule has 1 N–H and O–H groups in total. The summed E-state index contributed by atoms with van der Waals surface area (Å²) < 4.78 is 10.7. The SMILES string of the molecule is COCCN1CCN(c2ccc(C(=O)NC3(C(=O)N4C[C@H](N=[N+]=[N-])[C@H]5OCC(=O)[C@H]54)CCCC3)cc2)CC1. The summed E-state index contributed by atoms with van der Waals surface area (Å²) in [6.07, 6.45) is 1.96. The number of anilines is 1. The summed E-state index contributed by atoms with van der Waals surface area (Å²) in [5, 5.41) is 6.80. The molecule has 3 atom stereocenters. The van der Waals surface area contributed by atoms with Gasteiger partial charge in [0.05, 0.1) is 18.8 Å². The van der Waals surface area contributed by atoms with E-state index in [1.165, 1.54) is 4.90 Å². The highest BCUT2D eigenvalue weighted by Crippen LogP contribution is 2.37. The zero-order valence-corrected chi connectivity index (χ0v) is 21.8. The van der Waals surface area contributed by atoms with Crippen molar-refractivity contribution < 1.29 is 23.9 Å². The molecule has 3 saturated heterocycles. The zero-order chi connectivity index (χ0) is 26.7. The molecule has 12 heteroatoms. The quantitative estimate of drug-likeness (QED) is 0.307. The molecule has 3 heterocycles. The van der Waals surface area contributed by atoms with Gasteiger partial charge in [-0.15, -0.1) is 0 Å². The molecule has 204 valence electrons. The number of nitrogens with zero attached hydrogens (tertiary/aromatic N) is 6. The molecule has 12 nitrogen and oxygen atoms in total. The van der Waals surface area contributed by atoms with Crippen LogP contribution in [0.3, 0.4) is 0 Å². The number of methoxy groups -OCH3 is 1. The van der Waals surface area contributed by atoms with E-state index in [-0.39, 0.29) is 30.7 Å². The Kier molecular flexibility index (Phi) is 7.85. The van der Waals surface area contributed by atoms with Crippen molar-refractivity contribution in [1.29, 1.82) is 0 Å². The zero-order valence-electron chi connectivity index (χ0n) is 21.8. The number of ketones is 1. The van der Waals surface area contributed by atoms with Gasteiger partial charge in [-0.1, -0.05) is 18.0 Å². The Morgan fingerprint density at radius 1 is 1.18 bits per heavy atom. The first-order valence-electron chi connectivity index (χ1n) is 13.3. The molecule has 1 saturated carbocycles. The molecule has 38 heavy (non-hydrogen) atoms. The minimum absolute atomic E-state index is 0.106. The third-order valence-corrected chi connectivity index (χ3v) is 8.32. The maximum atomic E-state index is 13.9. The fourth-order valence-corrected chi connectivity index (χ4v) is 6.22. The molecule has 0 unspecified atom stereocenters. The molecule has 4 aliphatic rings. The number of fused-ring (bicyclic) bond motifs is 1. The van der Waals surface area contributed by atoms with E-state index in [1.807, 2.05) is 12.1 Å². The topological polar surface area (TPSA) is 140 Å². The predicted molar refractivity (Wildman–Crippen MR) is 139 cm³/mol. The average molecular weight is 526 g/mol. The second-order valence-corrected chi connectivity index (χ2v) is 10.5. The van der Waals surface area contributed by atoms with E-state index in [2.05, 4.69) is 25.1 Å². The number of carbonyl (C=O) groups is 3. The van der Waals surface area contributed by atoms with E-state index < -0.39 is 23.7 Å². The Balaban J connectivity index is 1.26. The van der Waals surface area contributed by atoms with Gasteiger partial charge in [-0.2, -0.15) is 0 Å². The Morgan fingerprint density at radius 3 is 2.55 bits per heavy atom. The maximum absolute atomic E-state index is 13.9. The lowest BCUT2D eigenvalue weighted by Gasteiger charge is -2.36. The van der Waals surface area contributed by atoms with Crippen molar-refractivity contribution in [2.75, 3.05) is 64.5 Å². The minimum Gasteiger partial charge on any atom is -0.383 e. The van der Waals surface area contributed by atoms with Crippen molar-refractivity contribution in [3.8, 4) is 0 Å². The molecule has 0 radical (unpaired) electrons. The lowest BCUT2D eigenvalue weighted by molar-refractivity contribution is -0.142. The number of Topliss-reactive ketones (excluding diaryl/α,β-unsaturated/α-hetero) is 1. The summed E-state index contributed by atoms with van der Waals surface area (Å²) in [5.41, 5.74) is 9.39. The standard InChI is InChI=1S/C26H35N7O5/c1-37-15-14-31-10-12-32(13-11-31)19-6-4-18(5-7-19)24(35)28-26(8-2-3-9-26)25(36)33-16-20(29-30-27)23-22(33)21(34)17-38-23/h4-7,20,22-23H,2-3,8-17H2,1H3,(H,28,35)/t20-,22+,23+/m0/s1. The van der Waals surface area contributed by atoms with E-state index in [0.29, 0.717) is 18.4 Å². The number of benzene rings is 1. The van der Waals surface area contributed by atoms with Crippen LogP contribution in [0.4, 0.5) is 5.69 Å². The van der Waals surface area contributed by atoms with Crippen LogP contribution >= 0.6 is 0 Å². The molecule has 3 aliphatic heterocycles. The Morgan fingerprint density at radius 2 is 1.89 bits per heavy atom. The molecule has 0 aromatic heterocycles. The summed E-state index contributed by atoms with van der Waals surface area (Å²) >= 11 is 0. The number of carbonyl (C=O) groups excluding carboxylic acids is 3. The summed E-state index contributed by atoms with van der Waals surface area (Å²) in [6, 6.07) is 6.10. The van der Waals surface area contributed by atoms with Crippen molar-refractivity contribution in [2.24, 2.45) is 5.11 Å². The van der Waals surface area contributed by atoms with E-state index >= 15 is 0 Å². The van der Waals surface area contributed by atoms with Gasteiger partial charge in [-0.25, -0.2) is 0 Å². The van der Waals surface area contributed by atoms with E-state index in [4.69, 9.17) is 15.0 Å². The highest BCUT2D eigenvalue weighted by molar-refractivity contribution is 6.01. The lowest BCUT2D eigenvalue weighted by Crippen LogP contribution is -2.60. The van der Waals surface area contributed by atoms with Crippen LogP contribution in [0.25, 0.3) is 10.4 Å². The van der Waals surface area contributed by atoms with Gasteiger partial charge in [0.15, 0.2) is 5.78 Å². The minimum atomic E-state index is -1.09. The normalized spacial score (nSPS) is 26.8. The first kappa shape index (κ1) is 26.4. The number of rotatable bonds is 8. The Bertz CT molecular complexity index is 1090. The number of ether oxygens (including phenoxy) is 2. The first-order chi connectivity index (χ1) is 18.5. The van der Waals surface area contributed by atoms with Crippen LogP contribution < -0.4 is 10.2 Å². The van der Waals surface area contributed by atoms with Gasteiger partial charge in [0.25, 0.3) is 5.91 Å². The lowest BCUT2D eigenvalue weighted by atomic mass is 9.93. The highest BCUT2D eigenvalue weighted by Gasteiger charge is 2.56. The number of azide groups is 1. The molecule has 2 amide bonds. The largest absolute Gasteiger partial charge is 0.383 e. The molecule has 1 aromatic carbocycles. The second-order valence-electron chi connectivity index (χ2n) is 10.5. The van der Waals surface area contributed by atoms with Gasteiger partial charge in [-0.3, -0.25) is 19.3 Å². The second kappa shape index (κ2) is 11.3. The van der Waals surface area contributed by atoms with Gasteiger partial charge < -0.3 is 24.6 Å². The van der Waals surface area contributed by atoms with Crippen LogP contribution in [0.15, 0.2) is 29.4 Å². The fraction of sp³-hybridized carbons (Fsp3) is 0.654. The average Bonchev–Trinajstić information content (AvgIpc) is 3.66. The number of hydrogen-bond donors (Lipinski definition) is 1. The third kappa shape index (κ3) is 5.09. The molecule has 0 bridgehead atoms. The van der Waals surface area contributed by atoms with E-state index in [1.54, 1.807) is 19.2 Å². The molecule has 5 rings (SSSR count).